The Hall–Kier alpha value is -0.120. The summed E-state index contributed by atoms with van der Waals surface area (Å²) in [4.78, 5) is 2.55. The summed E-state index contributed by atoms with van der Waals surface area (Å²) in [6.07, 6.45) is 1.62. The fourth-order valence-electron chi connectivity index (χ4n) is 2.31. The summed E-state index contributed by atoms with van der Waals surface area (Å²) in [6.45, 7) is 9.51. The summed E-state index contributed by atoms with van der Waals surface area (Å²) >= 11 is 0. The first kappa shape index (κ1) is 10.4. The summed E-state index contributed by atoms with van der Waals surface area (Å²) < 4.78 is 11.0. The van der Waals surface area contributed by atoms with E-state index in [1.165, 1.54) is 13.0 Å². The van der Waals surface area contributed by atoms with Crippen LogP contribution in [0.15, 0.2) is 0 Å². The molecule has 2 rings (SSSR count). The molecule has 3 atom stereocenters. The third kappa shape index (κ3) is 2.27. The van der Waals surface area contributed by atoms with Crippen molar-refractivity contribution in [1.29, 1.82) is 0 Å². The van der Waals surface area contributed by atoms with Crippen molar-refractivity contribution in [2.75, 3.05) is 32.9 Å². The highest BCUT2D eigenvalue weighted by Crippen LogP contribution is 2.19. The minimum absolute atomic E-state index is 0.381. The number of nitrogens with zero attached hydrogens (tertiary/aromatic N) is 1. The number of ether oxygens (including phenoxy) is 2. The SMILES string of the molecule is CC1OCCN(CC2CCOC2)C1C. The van der Waals surface area contributed by atoms with Gasteiger partial charge >= 0.3 is 0 Å². The maximum atomic E-state index is 5.61. The number of hydrogen-bond acceptors (Lipinski definition) is 3. The van der Waals surface area contributed by atoms with Gasteiger partial charge in [-0.25, -0.2) is 0 Å². The summed E-state index contributed by atoms with van der Waals surface area (Å²) in [5, 5.41) is 0. The van der Waals surface area contributed by atoms with Crippen LogP contribution in [0.25, 0.3) is 0 Å². The molecule has 2 fully saturated rings. The van der Waals surface area contributed by atoms with Crippen LogP contribution >= 0.6 is 0 Å². The Kier molecular flexibility index (Phi) is 3.42. The fraction of sp³-hybridized carbons (Fsp3) is 1.00. The smallest absolute Gasteiger partial charge is 0.0700 e. The molecule has 2 saturated heterocycles. The van der Waals surface area contributed by atoms with E-state index >= 15 is 0 Å². The largest absolute Gasteiger partial charge is 0.381 e. The van der Waals surface area contributed by atoms with E-state index in [1.54, 1.807) is 0 Å². The molecule has 14 heavy (non-hydrogen) atoms. The maximum absolute atomic E-state index is 5.61. The fourth-order valence-corrected chi connectivity index (χ4v) is 2.31. The molecule has 3 unspecified atom stereocenters. The molecule has 0 bridgehead atoms. The van der Waals surface area contributed by atoms with Crippen molar-refractivity contribution in [3.8, 4) is 0 Å². The first-order chi connectivity index (χ1) is 6.77. The number of morpholine rings is 1. The molecule has 82 valence electrons. The summed E-state index contributed by atoms with van der Waals surface area (Å²) in [6, 6.07) is 0.560. The number of hydrogen-bond donors (Lipinski definition) is 0. The van der Waals surface area contributed by atoms with E-state index < -0.39 is 0 Å². The summed E-state index contributed by atoms with van der Waals surface area (Å²) in [7, 11) is 0. The third-order valence-corrected chi connectivity index (χ3v) is 3.53. The van der Waals surface area contributed by atoms with Crippen molar-refractivity contribution < 1.29 is 9.47 Å². The lowest BCUT2D eigenvalue weighted by Gasteiger charge is -2.38. The average molecular weight is 199 g/mol. The molecule has 3 heteroatoms. The van der Waals surface area contributed by atoms with E-state index in [0.29, 0.717) is 12.1 Å². The predicted octanol–water partition coefficient (Wildman–Crippen LogP) is 1.13. The molecule has 0 aliphatic carbocycles. The zero-order valence-electron chi connectivity index (χ0n) is 9.24. The van der Waals surface area contributed by atoms with Gasteiger partial charge in [-0.05, 0) is 26.2 Å². The van der Waals surface area contributed by atoms with Gasteiger partial charge in [-0.1, -0.05) is 0 Å². The average Bonchev–Trinajstić information content (AvgIpc) is 2.66. The van der Waals surface area contributed by atoms with Crippen molar-refractivity contribution in [3.63, 3.8) is 0 Å². The maximum Gasteiger partial charge on any atom is 0.0700 e. The minimum Gasteiger partial charge on any atom is -0.381 e. The van der Waals surface area contributed by atoms with E-state index in [-0.39, 0.29) is 0 Å². The van der Waals surface area contributed by atoms with Crippen LogP contribution in [0, 0.1) is 5.92 Å². The molecule has 2 aliphatic rings. The third-order valence-electron chi connectivity index (χ3n) is 3.53. The molecular formula is C11H21NO2. The zero-order chi connectivity index (χ0) is 9.97. The summed E-state index contributed by atoms with van der Waals surface area (Å²) in [5.74, 6) is 0.753. The van der Waals surface area contributed by atoms with Crippen LogP contribution in [-0.4, -0.2) is 50.0 Å². The van der Waals surface area contributed by atoms with Crippen molar-refractivity contribution >= 4 is 0 Å². The predicted molar refractivity (Wildman–Crippen MR) is 55.4 cm³/mol. The molecule has 0 aromatic rings. The van der Waals surface area contributed by atoms with E-state index in [4.69, 9.17) is 9.47 Å². The van der Waals surface area contributed by atoms with Crippen molar-refractivity contribution in [1.82, 2.24) is 4.90 Å². The highest BCUT2D eigenvalue weighted by atomic mass is 16.5. The van der Waals surface area contributed by atoms with Crippen molar-refractivity contribution in [2.45, 2.75) is 32.4 Å². The van der Waals surface area contributed by atoms with Gasteiger partial charge in [0.05, 0.1) is 19.3 Å². The van der Waals surface area contributed by atoms with Crippen LogP contribution in [0.2, 0.25) is 0 Å². The second kappa shape index (κ2) is 4.60. The van der Waals surface area contributed by atoms with Crippen molar-refractivity contribution in [2.24, 2.45) is 5.92 Å². The normalized spacial score (nSPS) is 40.3. The van der Waals surface area contributed by atoms with Gasteiger partial charge < -0.3 is 9.47 Å². The molecule has 0 aromatic carbocycles. The molecule has 2 heterocycles. The van der Waals surface area contributed by atoms with Gasteiger partial charge in [-0.2, -0.15) is 0 Å². The summed E-state index contributed by atoms with van der Waals surface area (Å²) in [5.41, 5.74) is 0. The first-order valence-corrected chi connectivity index (χ1v) is 5.71. The van der Waals surface area contributed by atoms with Crippen LogP contribution in [0.5, 0.6) is 0 Å². The Labute approximate surface area is 86.4 Å². The van der Waals surface area contributed by atoms with E-state index in [9.17, 15) is 0 Å². The van der Waals surface area contributed by atoms with Gasteiger partial charge in [0.25, 0.3) is 0 Å². The van der Waals surface area contributed by atoms with Gasteiger partial charge in [0, 0.05) is 25.7 Å². The molecule has 0 N–H and O–H groups in total. The monoisotopic (exact) mass is 199 g/mol. The Balaban J connectivity index is 1.83. The minimum atomic E-state index is 0.381. The Bertz CT molecular complexity index is 180. The molecule has 0 spiro atoms. The Morgan fingerprint density at radius 1 is 1.29 bits per heavy atom. The van der Waals surface area contributed by atoms with Crippen LogP contribution in [0.3, 0.4) is 0 Å². The van der Waals surface area contributed by atoms with Crippen LogP contribution < -0.4 is 0 Å². The lowest BCUT2D eigenvalue weighted by Crippen LogP contribution is -2.50. The second-order valence-electron chi connectivity index (χ2n) is 4.54. The van der Waals surface area contributed by atoms with Crippen LogP contribution in [0.4, 0.5) is 0 Å². The standard InChI is InChI=1S/C11H21NO2/c1-9-10(2)14-6-4-12(9)7-11-3-5-13-8-11/h9-11H,3-8H2,1-2H3. The Morgan fingerprint density at radius 3 is 2.86 bits per heavy atom. The van der Waals surface area contributed by atoms with Gasteiger partial charge in [-0.15, -0.1) is 0 Å². The quantitative estimate of drug-likeness (QED) is 0.665. The van der Waals surface area contributed by atoms with E-state index in [0.717, 1.165) is 32.3 Å². The highest BCUT2D eigenvalue weighted by molar-refractivity contribution is 4.80. The van der Waals surface area contributed by atoms with Gasteiger partial charge in [0.15, 0.2) is 0 Å². The number of rotatable bonds is 2. The topological polar surface area (TPSA) is 21.7 Å². The van der Waals surface area contributed by atoms with E-state index in [1.807, 2.05) is 0 Å². The second-order valence-corrected chi connectivity index (χ2v) is 4.54. The van der Waals surface area contributed by atoms with Crippen LogP contribution in [0.1, 0.15) is 20.3 Å². The first-order valence-electron chi connectivity index (χ1n) is 5.71. The molecule has 3 nitrogen and oxygen atoms in total. The molecule has 0 aromatic heterocycles. The molecule has 0 amide bonds. The molecule has 2 aliphatic heterocycles. The van der Waals surface area contributed by atoms with Gasteiger partial charge in [0.1, 0.15) is 0 Å². The van der Waals surface area contributed by atoms with E-state index in [2.05, 4.69) is 18.7 Å². The lowest BCUT2D eigenvalue weighted by atomic mass is 10.1. The van der Waals surface area contributed by atoms with Crippen molar-refractivity contribution in [3.05, 3.63) is 0 Å². The molecule has 0 radical (unpaired) electrons. The Morgan fingerprint density at radius 2 is 2.14 bits per heavy atom. The zero-order valence-corrected chi connectivity index (χ0v) is 9.24. The lowest BCUT2D eigenvalue weighted by molar-refractivity contribution is -0.0600. The highest BCUT2D eigenvalue weighted by Gasteiger charge is 2.28. The van der Waals surface area contributed by atoms with Crippen LogP contribution in [-0.2, 0) is 9.47 Å². The molecule has 0 saturated carbocycles. The van der Waals surface area contributed by atoms with Gasteiger partial charge in [0.2, 0.25) is 0 Å². The van der Waals surface area contributed by atoms with Gasteiger partial charge in [-0.3, -0.25) is 4.90 Å². The molecular weight excluding hydrogens is 178 g/mol.